The molecule has 1 aromatic carbocycles. The Kier molecular flexibility index (Phi) is 3.60. The van der Waals surface area contributed by atoms with E-state index >= 15 is 0 Å². The van der Waals surface area contributed by atoms with Gasteiger partial charge in [-0.2, -0.15) is 0 Å². The number of halogens is 1. The van der Waals surface area contributed by atoms with Crippen LogP contribution in [0.25, 0.3) is 0 Å². The zero-order valence-corrected chi connectivity index (χ0v) is 10.3. The maximum atomic E-state index is 5.99. The summed E-state index contributed by atoms with van der Waals surface area (Å²) in [5, 5.41) is 0.864. The van der Waals surface area contributed by atoms with Crippen LogP contribution in [0, 0.1) is 12.3 Å². The Morgan fingerprint density at radius 2 is 1.93 bits per heavy atom. The van der Waals surface area contributed by atoms with E-state index < -0.39 is 0 Å². The average Bonchev–Trinajstić information content (AvgIpc) is 2.11. The largest absolute Gasteiger partial charge is 0.0841 e. The third kappa shape index (κ3) is 3.02. The van der Waals surface area contributed by atoms with E-state index in [0.717, 1.165) is 11.4 Å². The highest BCUT2D eigenvalue weighted by Gasteiger charge is 2.15. The third-order valence-electron chi connectivity index (χ3n) is 2.86. The van der Waals surface area contributed by atoms with Crippen molar-refractivity contribution < 1.29 is 0 Å². The number of hydrogen-bond acceptors (Lipinski definition) is 0. The van der Waals surface area contributed by atoms with Crippen LogP contribution < -0.4 is 0 Å². The molecule has 0 amide bonds. The molecule has 1 heteroatoms. The molecule has 1 rings (SSSR count). The highest BCUT2D eigenvalue weighted by atomic mass is 35.5. The third-order valence-corrected chi connectivity index (χ3v) is 3.29. The number of benzene rings is 1. The van der Waals surface area contributed by atoms with Crippen LogP contribution >= 0.6 is 11.6 Å². The van der Waals surface area contributed by atoms with Crippen LogP contribution in [-0.2, 0) is 6.42 Å². The Morgan fingerprint density at radius 1 is 1.29 bits per heavy atom. The highest BCUT2D eigenvalue weighted by molar-refractivity contribution is 6.31. The minimum absolute atomic E-state index is 0.389. The second-order valence-corrected chi connectivity index (χ2v) is 5.19. The smallest absolute Gasteiger partial charge is 0.0435 e. The van der Waals surface area contributed by atoms with E-state index in [9.17, 15) is 0 Å². The SMILES string of the molecule is CCC(C)(C)Cc1ccc(Cl)c(C)c1. The minimum Gasteiger partial charge on any atom is -0.0841 e. The van der Waals surface area contributed by atoms with Crippen LogP contribution in [0.2, 0.25) is 5.02 Å². The number of rotatable bonds is 3. The Morgan fingerprint density at radius 3 is 2.43 bits per heavy atom. The first kappa shape index (κ1) is 11.6. The van der Waals surface area contributed by atoms with E-state index in [1.165, 1.54) is 17.5 Å². The molecule has 1 aromatic rings. The second-order valence-electron chi connectivity index (χ2n) is 4.78. The summed E-state index contributed by atoms with van der Waals surface area (Å²) in [7, 11) is 0. The molecule has 0 unspecified atom stereocenters. The van der Waals surface area contributed by atoms with Gasteiger partial charge in [-0.3, -0.25) is 0 Å². The van der Waals surface area contributed by atoms with Gasteiger partial charge in [-0.1, -0.05) is 50.9 Å². The van der Waals surface area contributed by atoms with Crippen molar-refractivity contribution in [2.24, 2.45) is 5.41 Å². The van der Waals surface area contributed by atoms with Crippen LogP contribution in [0.4, 0.5) is 0 Å². The molecule has 0 heterocycles. The van der Waals surface area contributed by atoms with E-state index in [2.05, 4.69) is 39.8 Å². The van der Waals surface area contributed by atoms with Crippen LogP contribution in [0.5, 0.6) is 0 Å². The monoisotopic (exact) mass is 210 g/mol. The predicted molar refractivity (Wildman–Crippen MR) is 64.0 cm³/mol. The summed E-state index contributed by atoms with van der Waals surface area (Å²) in [5.41, 5.74) is 2.95. The van der Waals surface area contributed by atoms with Crippen LogP contribution in [0.3, 0.4) is 0 Å². The minimum atomic E-state index is 0.389. The normalized spacial score (nSPS) is 11.8. The molecule has 0 aliphatic rings. The van der Waals surface area contributed by atoms with Crippen LogP contribution in [0.15, 0.2) is 18.2 Å². The molecule has 0 atom stereocenters. The van der Waals surface area contributed by atoms with Gasteiger partial charge in [-0.25, -0.2) is 0 Å². The van der Waals surface area contributed by atoms with Crippen molar-refractivity contribution in [1.82, 2.24) is 0 Å². The lowest BCUT2D eigenvalue weighted by Gasteiger charge is -2.22. The lowest BCUT2D eigenvalue weighted by molar-refractivity contribution is 0.349. The molecule has 0 saturated heterocycles. The molecule has 0 aliphatic heterocycles. The first-order valence-electron chi connectivity index (χ1n) is 5.19. The van der Waals surface area contributed by atoms with Crippen molar-refractivity contribution in [2.45, 2.75) is 40.5 Å². The Balaban J connectivity index is 2.83. The van der Waals surface area contributed by atoms with Crippen molar-refractivity contribution >= 4 is 11.6 Å². The average molecular weight is 211 g/mol. The van der Waals surface area contributed by atoms with E-state index in [-0.39, 0.29) is 0 Å². The Bertz CT molecular complexity index is 313. The zero-order valence-electron chi connectivity index (χ0n) is 9.52. The molecule has 0 fully saturated rings. The lowest BCUT2D eigenvalue weighted by Crippen LogP contribution is -2.13. The van der Waals surface area contributed by atoms with Gasteiger partial charge >= 0.3 is 0 Å². The van der Waals surface area contributed by atoms with E-state index in [1.807, 2.05) is 6.07 Å². The van der Waals surface area contributed by atoms with Gasteiger partial charge in [0.05, 0.1) is 0 Å². The summed E-state index contributed by atoms with van der Waals surface area (Å²) < 4.78 is 0. The lowest BCUT2D eigenvalue weighted by atomic mass is 9.83. The molecule has 0 bridgehead atoms. The van der Waals surface area contributed by atoms with Gasteiger partial charge in [0.15, 0.2) is 0 Å². The van der Waals surface area contributed by atoms with Crippen LogP contribution in [-0.4, -0.2) is 0 Å². The topological polar surface area (TPSA) is 0 Å². The maximum absolute atomic E-state index is 5.99. The fourth-order valence-electron chi connectivity index (χ4n) is 1.49. The molecule has 0 saturated carbocycles. The molecular formula is C13H19Cl. The van der Waals surface area contributed by atoms with Crippen molar-refractivity contribution in [2.75, 3.05) is 0 Å². The molecule has 0 N–H and O–H groups in total. The van der Waals surface area contributed by atoms with Crippen molar-refractivity contribution in [3.05, 3.63) is 34.3 Å². The number of hydrogen-bond donors (Lipinski definition) is 0. The first-order chi connectivity index (χ1) is 6.44. The molecule has 0 radical (unpaired) electrons. The summed E-state index contributed by atoms with van der Waals surface area (Å²) in [5.74, 6) is 0. The summed E-state index contributed by atoms with van der Waals surface area (Å²) in [6.45, 7) is 8.90. The van der Waals surface area contributed by atoms with E-state index in [1.54, 1.807) is 0 Å². The van der Waals surface area contributed by atoms with Gasteiger partial charge < -0.3 is 0 Å². The molecule has 0 spiro atoms. The Hall–Kier alpha value is -0.490. The van der Waals surface area contributed by atoms with Crippen molar-refractivity contribution in [3.8, 4) is 0 Å². The quantitative estimate of drug-likeness (QED) is 0.683. The fourth-order valence-corrected chi connectivity index (χ4v) is 1.61. The summed E-state index contributed by atoms with van der Waals surface area (Å²) in [6.07, 6.45) is 2.33. The van der Waals surface area contributed by atoms with Crippen molar-refractivity contribution in [1.29, 1.82) is 0 Å². The summed E-state index contributed by atoms with van der Waals surface area (Å²) >= 11 is 5.99. The van der Waals surface area contributed by atoms with Crippen molar-refractivity contribution in [3.63, 3.8) is 0 Å². The van der Waals surface area contributed by atoms with E-state index in [0.29, 0.717) is 5.41 Å². The second kappa shape index (κ2) is 4.35. The molecular weight excluding hydrogens is 192 g/mol. The van der Waals surface area contributed by atoms with Gasteiger partial charge in [-0.05, 0) is 36.0 Å². The Labute approximate surface area is 92.3 Å². The molecule has 0 nitrogen and oxygen atoms in total. The highest BCUT2D eigenvalue weighted by Crippen LogP contribution is 2.27. The van der Waals surface area contributed by atoms with Gasteiger partial charge in [0, 0.05) is 5.02 Å². The van der Waals surface area contributed by atoms with E-state index in [4.69, 9.17) is 11.6 Å². The molecule has 0 aliphatic carbocycles. The zero-order chi connectivity index (χ0) is 10.8. The van der Waals surface area contributed by atoms with Crippen LogP contribution in [0.1, 0.15) is 38.3 Å². The summed E-state index contributed by atoms with van der Waals surface area (Å²) in [6, 6.07) is 6.32. The fraction of sp³-hybridized carbons (Fsp3) is 0.538. The number of aryl methyl sites for hydroxylation is 1. The van der Waals surface area contributed by atoms with Gasteiger partial charge in [0.2, 0.25) is 0 Å². The molecule has 78 valence electrons. The first-order valence-corrected chi connectivity index (χ1v) is 5.57. The van der Waals surface area contributed by atoms with Gasteiger partial charge in [-0.15, -0.1) is 0 Å². The van der Waals surface area contributed by atoms with Gasteiger partial charge in [0.1, 0.15) is 0 Å². The summed E-state index contributed by atoms with van der Waals surface area (Å²) in [4.78, 5) is 0. The standard InChI is InChI=1S/C13H19Cl/c1-5-13(3,4)9-11-6-7-12(14)10(2)8-11/h6-8H,5,9H2,1-4H3. The van der Waals surface area contributed by atoms with Gasteiger partial charge in [0.25, 0.3) is 0 Å². The maximum Gasteiger partial charge on any atom is 0.0435 e. The molecule has 0 aromatic heterocycles. The predicted octanol–water partition coefficient (Wildman–Crippen LogP) is 4.63. The molecule has 14 heavy (non-hydrogen) atoms.